The molecule has 0 saturated heterocycles. The average Bonchev–Trinajstić information content (AvgIpc) is 2.68. The van der Waals surface area contributed by atoms with E-state index in [4.69, 9.17) is 11.6 Å². The summed E-state index contributed by atoms with van der Waals surface area (Å²) >= 11 is 9.25. The molecule has 4 nitrogen and oxygen atoms in total. The molecule has 0 bridgehead atoms. The fraction of sp³-hybridized carbons (Fsp3) is 0.385. The number of carbonyl (C=O) groups is 1. The van der Waals surface area contributed by atoms with Crippen LogP contribution in [-0.4, -0.2) is 27.9 Å². The van der Waals surface area contributed by atoms with Gasteiger partial charge in [0.05, 0.1) is 11.0 Å². The quantitative estimate of drug-likeness (QED) is 0.848. The van der Waals surface area contributed by atoms with Crippen LogP contribution < -0.4 is 5.32 Å². The van der Waals surface area contributed by atoms with Gasteiger partial charge < -0.3 is 9.88 Å². The first kappa shape index (κ1) is 14.3. The summed E-state index contributed by atoms with van der Waals surface area (Å²) in [6.45, 7) is 2.80. The van der Waals surface area contributed by atoms with Gasteiger partial charge in [0, 0.05) is 23.3 Å². The van der Waals surface area contributed by atoms with Crippen LogP contribution in [0, 0.1) is 0 Å². The maximum atomic E-state index is 11.8. The number of likely N-dealkylation sites (N-methyl/N-ethyl adjacent to an activating group) is 1. The van der Waals surface area contributed by atoms with Crippen molar-refractivity contribution >= 4 is 44.5 Å². The van der Waals surface area contributed by atoms with Crippen LogP contribution in [0.2, 0.25) is 0 Å². The highest BCUT2D eigenvalue weighted by Crippen LogP contribution is 2.21. The number of amides is 1. The van der Waals surface area contributed by atoms with E-state index in [-0.39, 0.29) is 12.5 Å². The minimum atomic E-state index is -0.0161. The Balaban J connectivity index is 2.44. The van der Waals surface area contributed by atoms with Crippen molar-refractivity contribution in [3.05, 3.63) is 28.5 Å². The molecule has 2 rings (SSSR count). The second-order valence-electron chi connectivity index (χ2n) is 4.14. The smallest absolute Gasteiger partial charge is 0.239 e. The van der Waals surface area contributed by atoms with E-state index in [0.717, 1.165) is 21.3 Å². The molecule has 0 unspecified atom stereocenters. The van der Waals surface area contributed by atoms with E-state index in [2.05, 4.69) is 26.2 Å². The number of nitrogens with one attached hydrogen (secondary N) is 1. The number of rotatable bonds is 5. The number of hydrogen-bond donors (Lipinski definition) is 1. The molecule has 0 spiro atoms. The summed E-state index contributed by atoms with van der Waals surface area (Å²) in [6, 6.07) is 5.85. The van der Waals surface area contributed by atoms with Gasteiger partial charge in [0.1, 0.15) is 12.4 Å². The lowest BCUT2D eigenvalue weighted by Crippen LogP contribution is -2.27. The van der Waals surface area contributed by atoms with Gasteiger partial charge in [-0.2, -0.15) is 0 Å². The second kappa shape index (κ2) is 6.39. The Morgan fingerprint density at radius 2 is 2.32 bits per heavy atom. The number of nitrogens with zero attached hydrogens (tertiary/aromatic N) is 2. The number of imidazole rings is 1. The summed E-state index contributed by atoms with van der Waals surface area (Å²) in [5, 5.41) is 2.80. The molecule has 0 aliphatic rings. The zero-order valence-corrected chi connectivity index (χ0v) is 13.0. The molecule has 0 aliphatic heterocycles. The molecule has 6 heteroatoms. The van der Waals surface area contributed by atoms with Crippen LogP contribution in [0.4, 0.5) is 0 Å². The van der Waals surface area contributed by atoms with Gasteiger partial charge in [-0.1, -0.05) is 15.9 Å². The van der Waals surface area contributed by atoms with Crippen molar-refractivity contribution in [3.8, 4) is 0 Å². The molecule has 1 N–H and O–H groups in total. The van der Waals surface area contributed by atoms with Crippen LogP contribution in [0.5, 0.6) is 0 Å². The molecular weight excluding hydrogens is 330 g/mol. The molecule has 19 heavy (non-hydrogen) atoms. The molecule has 102 valence electrons. The number of halogens is 2. The summed E-state index contributed by atoms with van der Waals surface area (Å²) in [7, 11) is 0. The Hall–Kier alpha value is -1.07. The van der Waals surface area contributed by atoms with E-state index in [1.54, 1.807) is 0 Å². The van der Waals surface area contributed by atoms with Crippen molar-refractivity contribution in [1.29, 1.82) is 0 Å². The lowest BCUT2D eigenvalue weighted by molar-refractivity contribution is -0.121. The molecule has 1 heterocycles. The number of aryl methyl sites for hydroxylation is 1. The number of hydrogen-bond acceptors (Lipinski definition) is 2. The van der Waals surface area contributed by atoms with E-state index in [1.165, 1.54) is 0 Å². The molecule has 0 fully saturated rings. The Bertz CT molecular complexity index is 597. The molecule has 0 saturated carbocycles. The summed E-state index contributed by atoms with van der Waals surface area (Å²) in [5.74, 6) is 1.31. The molecule has 0 radical (unpaired) electrons. The van der Waals surface area contributed by atoms with E-state index < -0.39 is 0 Å². The van der Waals surface area contributed by atoms with Gasteiger partial charge in [0.2, 0.25) is 5.91 Å². The second-order valence-corrected chi connectivity index (χ2v) is 5.43. The monoisotopic (exact) mass is 343 g/mol. The first-order valence-corrected chi connectivity index (χ1v) is 7.45. The van der Waals surface area contributed by atoms with Crippen molar-refractivity contribution < 1.29 is 4.79 Å². The SMILES string of the molecule is CCNC(=O)Cn1c(CCCl)nc2ccc(Br)cc21. The first-order chi connectivity index (χ1) is 9.15. The van der Waals surface area contributed by atoms with Crippen molar-refractivity contribution in [3.63, 3.8) is 0 Å². The maximum absolute atomic E-state index is 11.8. The molecule has 1 amide bonds. The summed E-state index contributed by atoms with van der Waals surface area (Å²) in [4.78, 5) is 16.3. The zero-order valence-electron chi connectivity index (χ0n) is 10.6. The predicted octanol–water partition coefficient (Wildman–Crippen LogP) is 2.72. The number of aromatic nitrogens is 2. The minimum Gasteiger partial charge on any atom is -0.355 e. The van der Waals surface area contributed by atoms with Gasteiger partial charge in [-0.15, -0.1) is 11.6 Å². The van der Waals surface area contributed by atoms with E-state index in [0.29, 0.717) is 18.8 Å². The Morgan fingerprint density at radius 1 is 1.53 bits per heavy atom. The largest absolute Gasteiger partial charge is 0.355 e. The van der Waals surface area contributed by atoms with Crippen molar-refractivity contribution in [1.82, 2.24) is 14.9 Å². The number of benzene rings is 1. The third-order valence-corrected chi connectivity index (χ3v) is 3.47. The van der Waals surface area contributed by atoms with Gasteiger partial charge in [0.25, 0.3) is 0 Å². The Labute approximate surface area is 125 Å². The predicted molar refractivity (Wildman–Crippen MR) is 80.5 cm³/mol. The normalized spacial score (nSPS) is 10.9. The molecule has 0 atom stereocenters. The fourth-order valence-electron chi connectivity index (χ4n) is 1.99. The van der Waals surface area contributed by atoms with Crippen LogP contribution in [0.15, 0.2) is 22.7 Å². The third kappa shape index (κ3) is 3.28. The van der Waals surface area contributed by atoms with Crippen LogP contribution in [-0.2, 0) is 17.8 Å². The van der Waals surface area contributed by atoms with Crippen LogP contribution in [0.25, 0.3) is 11.0 Å². The highest BCUT2D eigenvalue weighted by molar-refractivity contribution is 9.10. The highest BCUT2D eigenvalue weighted by atomic mass is 79.9. The molecule has 0 aliphatic carbocycles. The van der Waals surface area contributed by atoms with Gasteiger partial charge in [-0.3, -0.25) is 4.79 Å². The lowest BCUT2D eigenvalue weighted by atomic mass is 10.3. The Kier molecular flexibility index (Phi) is 4.82. The number of fused-ring (bicyclic) bond motifs is 1. The molecular formula is C13H15BrClN3O. The third-order valence-electron chi connectivity index (χ3n) is 2.78. The molecule has 1 aromatic heterocycles. The van der Waals surface area contributed by atoms with Crippen molar-refractivity contribution in [2.75, 3.05) is 12.4 Å². The molecule has 2 aromatic rings. The van der Waals surface area contributed by atoms with Crippen molar-refractivity contribution in [2.24, 2.45) is 0 Å². The van der Waals surface area contributed by atoms with Crippen LogP contribution in [0.3, 0.4) is 0 Å². The van der Waals surface area contributed by atoms with Crippen LogP contribution in [0.1, 0.15) is 12.7 Å². The standard InChI is InChI=1S/C13H15BrClN3O/c1-2-16-13(19)8-18-11-7-9(14)3-4-10(11)17-12(18)5-6-15/h3-4,7H,2,5-6,8H2,1H3,(H,16,19). The first-order valence-electron chi connectivity index (χ1n) is 6.13. The number of carbonyl (C=O) groups excluding carboxylic acids is 1. The van der Waals surface area contributed by atoms with Crippen LogP contribution >= 0.6 is 27.5 Å². The van der Waals surface area contributed by atoms with E-state index >= 15 is 0 Å². The summed E-state index contributed by atoms with van der Waals surface area (Å²) in [5.41, 5.74) is 1.83. The van der Waals surface area contributed by atoms with Gasteiger partial charge in [0.15, 0.2) is 0 Å². The average molecular weight is 345 g/mol. The number of alkyl halides is 1. The van der Waals surface area contributed by atoms with Gasteiger partial charge in [-0.25, -0.2) is 4.98 Å². The topological polar surface area (TPSA) is 46.9 Å². The summed E-state index contributed by atoms with van der Waals surface area (Å²) < 4.78 is 2.89. The lowest BCUT2D eigenvalue weighted by Gasteiger charge is -2.08. The van der Waals surface area contributed by atoms with E-state index in [9.17, 15) is 4.79 Å². The highest BCUT2D eigenvalue weighted by Gasteiger charge is 2.13. The van der Waals surface area contributed by atoms with E-state index in [1.807, 2.05) is 29.7 Å². The summed E-state index contributed by atoms with van der Waals surface area (Å²) in [6.07, 6.45) is 0.646. The fourth-order valence-corrected chi connectivity index (χ4v) is 2.51. The van der Waals surface area contributed by atoms with Gasteiger partial charge >= 0.3 is 0 Å². The van der Waals surface area contributed by atoms with Gasteiger partial charge in [-0.05, 0) is 25.1 Å². The zero-order chi connectivity index (χ0) is 13.8. The van der Waals surface area contributed by atoms with Crippen molar-refractivity contribution in [2.45, 2.75) is 19.9 Å². The molecule has 1 aromatic carbocycles. The Morgan fingerprint density at radius 3 is 3.00 bits per heavy atom. The maximum Gasteiger partial charge on any atom is 0.239 e. The minimum absolute atomic E-state index is 0.0161.